The van der Waals surface area contributed by atoms with E-state index in [9.17, 15) is 14.7 Å². The van der Waals surface area contributed by atoms with Gasteiger partial charge in [0.25, 0.3) is 0 Å². The van der Waals surface area contributed by atoms with Crippen LogP contribution in [0.1, 0.15) is 50.7 Å². The standard InChI is InChI=1S/C19H25NO3/c1-19(2)9-5-8-14(11-19)17(21)20-12-15-7-4-3-6-13(15)10-16(20)18(22)23/h3-4,6-7,14,16H,5,8-12H2,1-2H3,(H,22,23). The lowest BCUT2D eigenvalue weighted by Gasteiger charge is -2.40. The number of carboxylic acid groups (broad SMARTS) is 1. The highest BCUT2D eigenvalue weighted by Crippen LogP contribution is 2.40. The van der Waals surface area contributed by atoms with Crippen molar-refractivity contribution in [2.45, 2.75) is 58.5 Å². The van der Waals surface area contributed by atoms with E-state index in [2.05, 4.69) is 13.8 Å². The van der Waals surface area contributed by atoms with Gasteiger partial charge in [0.2, 0.25) is 5.91 Å². The normalized spacial score (nSPS) is 26.4. The third-order valence-electron chi connectivity index (χ3n) is 5.37. The van der Waals surface area contributed by atoms with Gasteiger partial charge in [-0.25, -0.2) is 4.79 Å². The Labute approximate surface area is 137 Å². The van der Waals surface area contributed by atoms with E-state index in [-0.39, 0.29) is 17.2 Å². The monoisotopic (exact) mass is 315 g/mol. The predicted octanol–water partition coefficient (Wildman–Crippen LogP) is 3.24. The zero-order chi connectivity index (χ0) is 16.6. The van der Waals surface area contributed by atoms with Gasteiger partial charge >= 0.3 is 5.97 Å². The minimum Gasteiger partial charge on any atom is -0.480 e. The average molecular weight is 315 g/mol. The summed E-state index contributed by atoms with van der Waals surface area (Å²) in [6.07, 6.45) is 4.34. The topological polar surface area (TPSA) is 57.6 Å². The molecule has 2 aliphatic rings. The molecule has 0 spiro atoms. The Kier molecular flexibility index (Phi) is 4.17. The Morgan fingerprint density at radius 3 is 2.57 bits per heavy atom. The highest BCUT2D eigenvalue weighted by atomic mass is 16.4. The maximum Gasteiger partial charge on any atom is 0.326 e. The first-order valence-electron chi connectivity index (χ1n) is 8.47. The van der Waals surface area contributed by atoms with Gasteiger partial charge in [0.15, 0.2) is 0 Å². The second-order valence-electron chi connectivity index (χ2n) is 7.75. The first-order valence-corrected chi connectivity index (χ1v) is 8.47. The van der Waals surface area contributed by atoms with Crippen molar-refractivity contribution in [2.75, 3.05) is 0 Å². The van der Waals surface area contributed by atoms with Crippen molar-refractivity contribution >= 4 is 11.9 Å². The Bertz CT molecular complexity index is 623. The Balaban J connectivity index is 1.84. The van der Waals surface area contributed by atoms with Crippen LogP contribution in [0, 0.1) is 11.3 Å². The largest absolute Gasteiger partial charge is 0.480 e. The van der Waals surface area contributed by atoms with Crippen LogP contribution in [0.25, 0.3) is 0 Å². The maximum absolute atomic E-state index is 13.0. The molecule has 0 saturated heterocycles. The molecule has 4 heteroatoms. The third kappa shape index (κ3) is 3.26. The van der Waals surface area contributed by atoms with E-state index in [0.29, 0.717) is 13.0 Å². The molecule has 1 aromatic rings. The molecule has 1 aromatic carbocycles. The van der Waals surface area contributed by atoms with E-state index in [1.54, 1.807) is 4.90 Å². The molecule has 0 bridgehead atoms. The summed E-state index contributed by atoms with van der Waals surface area (Å²) < 4.78 is 0. The van der Waals surface area contributed by atoms with Gasteiger partial charge in [-0.2, -0.15) is 0 Å². The number of carboxylic acids is 1. The molecule has 1 aliphatic heterocycles. The fourth-order valence-corrected chi connectivity index (χ4v) is 4.12. The molecule has 0 aromatic heterocycles. The van der Waals surface area contributed by atoms with E-state index in [1.807, 2.05) is 24.3 Å². The van der Waals surface area contributed by atoms with E-state index in [0.717, 1.165) is 36.8 Å². The van der Waals surface area contributed by atoms with E-state index >= 15 is 0 Å². The minimum atomic E-state index is -0.900. The molecular weight excluding hydrogens is 290 g/mol. The SMILES string of the molecule is CC1(C)CCCC(C(=O)N2Cc3ccccc3CC2C(=O)O)C1. The third-order valence-corrected chi connectivity index (χ3v) is 5.37. The number of hydrogen-bond donors (Lipinski definition) is 1. The van der Waals surface area contributed by atoms with Crippen LogP contribution in [0.2, 0.25) is 0 Å². The van der Waals surface area contributed by atoms with Crippen molar-refractivity contribution in [2.24, 2.45) is 11.3 Å². The molecule has 2 unspecified atom stereocenters. The van der Waals surface area contributed by atoms with Crippen LogP contribution in [-0.4, -0.2) is 27.9 Å². The molecule has 0 radical (unpaired) electrons. The van der Waals surface area contributed by atoms with Crippen LogP contribution < -0.4 is 0 Å². The van der Waals surface area contributed by atoms with Gasteiger partial charge in [0.1, 0.15) is 6.04 Å². The predicted molar refractivity (Wildman–Crippen MR) is 87.9 cm³/mol. The van der Waals surface area contributed by atoms with Crippen molar-refractivity contribution in [3.05, 3.63) is 35.4 Å². The zero-order valence-electron chi connectivity index (χ0n) is 13.9. The maximum atomic E-state index is 13.0. The van der Waals surface area contributed by atoms with E-state index in [1.165, 1.54) is 0 Å². The fraction of sp³-hybridized carbons (Fsp3) is 0.579. The molecule has 1 aliphatic carbocycles. The Morgan fingerprint density at radius 1 is 1.22 bits per heavy atom. The van der Waals surface area contributed by atoms with Crippen molar-refractivity contribution in [1.82, 2.24) is 4.90 Å². The number of rotatable bonds is 2. The summed E-state index contributed by atoms with van der Waals surface area (Å²) in [4.78, 5) is 26.3. The van der Waals surface area contributed by atoms with Gasteiger partial charge in [0.05, 0.1) is 0 Å². The van der Waals surface area contributed by atoms with Gasteiger partial charge < -0.3 is 10.0 Å². The number of amides is 1. The van der Waals surface area contributed by atoms with Gasteiger partial charge in [-0.15, -0.1) is 0 Å². The first kappa shape index (κ1) is 16.0. The van der Waals surface area contributed by atoms with Gasteiger partial charge in [0, 0.05) is 18.9 Å². The molecule has 1 heterocycles. The van der Waals surface area contributed by atoms with Crippen LogP contribution in [0.4, 0.5) is 0 Å². The van der Waals surface area contributed by atoms with E-state index in [4.69, 9.17) is 0 Å². The Hall–Kier alpha value is -1.84. The first-order chi connectivity index (χ1) is 10.9. The van der Waals surface area contributed by atoms with Crippen LogP contribution >= 0.6 is 0 Å². The number of hydrogen-bond acceptors (Lipinski definition) is 2. The molecule has 124 valence electrons. The summed E-state index contributed by atoms with van der Waals surface area (Å²) in [7, 11) is 0. The molecule has 3 rings (SSSR count). The van der Waals surface area contributed by atoms with Gasteiger partial charge in [-0.1, -0.05) is 44.5 Å². The van der Waals surface area contributed by atoms with Crippen LogP contribution in [0.15, 0.2) is 24.3 Å². The van der Waals surface area contributed by atoms with Gasteiger partial charge in [-0.05, 0) is 35.8 Å². The van der Waals surface area contributed by atoms with Crippen molar-refractivity contribution in [3.8, 4) is 0 Å². The molecule has 1 N–H and O–H groups in total. The highest BCUT2D eigenvalue weighted by molar-refractivity contribution is 5.86. The molecule has 4 nitrogen and oxygen atoms in total. The van der Waals surface area contributed by atoms with Crippen LogP contribution in [0.3, 0.4) is 0 Å². The summed E-state index contributed by atoms with van der Waals surface area (Å²) in [6.45, 7) is 4.82. The average Bonchev–Trinajstić information content (AvgIpc) is 2.51. The van der Waals surface area contributed by atoms with E-state index < -0.39 is 12.0 Å². The van der Waals surface area contributed by atoms with Gasteiger partial charge in [-0.3, -0.25) is 4.79 Å². The summed E-state index contributed by atoms with van der Waals surface area (Å²) >= 11 is 0. The lowest BCUT2D eigenvalue weighted by molar-refractivity contribution is -0.154. The van der Waals surface area contributed by atoms with Crippen LogP contribution in [0.5, 0.6) is 0 Å². The number of aliphatic carboxylic acids is 1. The lowest BCUT2D eigenvalue weighted by atomic mass is 9.71. The number of nitrogens with zero attached hydrogens (tertiary/aromatic N) is 1. The highest BCUT2D eigenvalue weighted by Gasteiger charge is 2.40. The number of carbonyl (C=O) groups is 2. The van der Waals surface area contributed by atoms with Crippen molar-refractivity contribution in [3.63, 3.8) is 0 Å². The molecule has 2 atom stereocenters. The zero-order valence-corrected chi connectivity index (χ0v) is 13.9. The molecule has 23 heavy (non-hydrogen) atoms. The molecule has 1 saturated carbocycles. The molecule has 1 fully saturated rings. The summed E-state index contributed by atoms with van der Waals surface area (Å²) in [5.41, 5.74) is 2.30. The van der Waals surface area contributed by atoms with Crippen LogP contribution in [-0.2, 0) is 22.6 Å². The number of benzene rings is 1. The quantitative estimate of drug-likeness (QED) is 0.911. The summed E-state index contributed by atoms with van der Waals surface area (Å²) in [5, 5.41) is 9.59. The fourth-order valence-electron chi connectivity index (χ4n) is 4.12. The summed E-state index contributed by atoms with van der Waals surface area (Å²) in [6, 6.07) is 7.11. The smallest absolute Gasteiger partial charge is 0.326 e. The number of fused-ring (bicyclic) bond motifs is 1. The number of carbonyl (C=O) groups excluding carboxylic acids is 1. The molecule has 1 amide bonds. The summed E-state index contributed by atoms with van der Waals surface area (Å²) in [5.74, 6) is -0.909. The van der Waals surface area contributed by atoms with Crippen molar-refractivity contribution < 1.29 is 14.7 Å². The molecular formula is C19H25NO3. The van der Waals surface area contributed by atoms with Crippen molar-refractivity contribution in [1.29, 1.82) is 0 Å². The minimum absolute atomic E-state index is 0.0275. The Morgan fingerprint density at radius 2 is 1.91 bits per heavy atom. The second-order valence-corrected chi connectivity index (χ2v) is 7.75. The second kappa shape index (κ2) is 5.99. The lowest BCUT2D eigenvalue weighted by Crippen LogP contribution is -2.51.